The number of carbonyl (C=O) groups is 2. The van der Waals surface area contributed by atoms with Crippen LogP contribution in [0.3, 0.4) is 0 Å². The molecule has 190 valence electrons. The Balaban J connectivity index is 1.62. The lowest BCUT2D eigenvalue weighted by Gasteiger charge is -2.70. The number of hydrogen-bond donors (Lipinski definition) is 2. The van der Waals surface area contributed by atoms with Crippen LogP contribution in [0.5, 0.6) is 0 Å². The second-order valence-electron chi connectivity index (χ2n) is 14.9. The predicted molar refractivity (Wildman–Crippen MR) is 133 cm³/mol. The molecule has 0 aromatic rings. The number of aliphatic carboxylic acids is 1. The van der Waals surface area contributed by atoms with E-state index in [0.717, 1.165) is 51.4 Å². The lowest BCUT2D eigenvalue weighted by molar-refractivity contribution is -0.202. The van der Waals surface area contributed by atoms with E-state index in [1.807, 2.05) is 13.0 Å². The number of ketones is 1. The number of rotatable bonds is 1. The molecule has 0 radical (unpaired) electrons. The van der Waals surface area contributed by atoms with E-state index >= 15 is 0 Å². The summed E-state index contributed by atoms with van der Waals surface area (Å²) in [5, 5.41) is 20.9. The van der Waals surface area contributed by atoms with E-state index in [1.54, 1.807) is 0 Å². The van der Waals surface area contributed by atoms with Crippen molar-refractivity contribution in [2.45, 2.75) is 112 Å². The molecular formula is C30H46O4. The normalized spacial score (nSPS) is 54.1. The molecule has 5 rings (SSSR count). The molecule has 0 amide bonds. The Morgan fingerprint density at radius 1 is 0.912 bits per heavy atom. The molecule has 0 heterocycles. The molecule has 9 atom stereocenters. The fourth-order valence-electron chi connectivity index (χ4n) is 10.4. The van der Waals surface area contributed by atoms with Gasteiger partial charge in [-0.05, 0) is 110 Å². The highest BCUT2D eigenvalue weighted by atomic mass is 16.4. The monoisotopic (exact) mass is 470 g/mol. The Hall–Kier alpha value is -1.16. The zero-order valence-electron chi connectivity index (χ0n) is 22.5. The molecule has 0 aromatic carbocycles. The first kappa shape index (κ1) is 24.5. The molecular weight excluding hydrogens is 424 g/mol. The minimum Gasteiger partial charge on any atom is -0.481 e. The lowest BCUT2D eigenvalue weighted by Crippen LogP contribution is -2.66. The van der Waals surface area contributed by atoms with Gasteiger partial charge in [-0.3, -0.25) is 9.59 Å². The van der Waals surface area contributed by atoms with Crippen LogP contribution >= 0.6 is 0 Å². The number of hydrogen-bond acceptors (Lipinski definition) is 3. The number of carbonyl (C=O) groups excluding carboxylic acids is 1. The van der Waals surface area contributed by atoms with Gasteiger partial charge in [0.15, 0.2) is 5.78 Å². The third kappa shape index (κ3) is 2.81. The largest absolute Gasteiger partial charge is 0.481 e. The van der Waals surface area contributed by atoms with Crippen molar-refractivity contribution in [1.29, 1.82) is 0 Å². The summed E-state index contributed by atoms with van der Waals surface area (Å²) in [6, 6.07) is 0. The molecule has 4 nitrogen and oxygen atoms in total. The summed E-state index contributed by atoms with van der Waals surface area (Å²) in [5.74, 6) is 0.0603. The highest BCUT2D eigenvalue weighted by Gasteiger charge is 2.70. The number of aliphatic hydroxyl groups is 1. The van der Waals surface area contributed by atoms with Crippen LogP contribution in [0.4, 0.5) is 0 Å². The number of fused-ring (bicyclic) bond motifs is 7. The maximum Gasteiger partial charge on any atom is 0.309 e. The molecule has 4 fully saturated rings. The highest BCUT2D eigenvalue weighted by Crippen LogP contribution is 2.75. The number of carboxylic acids is 1. The average molecular weight is 471 g/mol. The maximum atomic E-state index is 14.2. The number of aliphatic hydroxyl groups excluding tert-OH is 1. The number of allylic oxidation sites excluding steroid dienone is 2. The van der Waals surface area contributed by atoms with E-state index in [1.165, 1.54) is 5.57 Å². The third-order valence-electron chi connectivity index (χ3n) is 13.1. The topological polar surface area (TPSA) is 74.6 Å². The van der Waals surface area contributed by atoms with E-state index in [9.17, 15) is 19.8 Å². The summed E-state index contributed by atoms with van der Waals surface area (Å²) in [4.78, 5) is 26.4. The molecule has 5 aliphatic rings. The van der Waals surface area contributed by atoms with Gasteiger partial charge in [0.25, 0.3) is 0 Å². The van der Waals surface area contributed by atoms with E-state index in [-0.39, 0.29) is 50.8 Å². The fraction of sp³-hybridized carbons (Fsp3) is 0.867. The predicted octanol–water partition coefficient (Wildman–Crippen LogP) is 6.41. The Bertz CT molecular complexity index is 965. The first-order chi connectivity index (χ1) is 15.6. The molecule has 4 heteroatoms. The van der Waals surface area contributed by atoms with Gasteiger partial charge in [0.2, 0.25) is 0 Å². The van der Waals surface area contributed by atoms with Crippen molar-refractivity contribution >= 4 is 11.8 Å². The van der Waals surface area contributed by atoms with Crippen LogP contribution in [0.25, 0.3) is 0 Å². The van der Waals surface area contributed by atoms with Crippen LogP contribution in [0.15, 0.2) is 11.6 Å². The Labute approximate surface area is 206 Å². The second kappa shape index (κ2) is 6.99. The van der Waals surface area contributed by atoms with Gasteiger partial charge in [0.05, 0.1) is 11.5 Å². The van der Waals surface area contributed by atoms with Crippen molar-refractivity contribution in [3.05, 3.63) is 11.6 Å². The van der Waals surface area contributed by atoms with Crippen LogP contribution in [-0.4, -0.2) is 28.1 Å². The molecule has 4 saturated carbocycles. The minimum atomic E-state index is -0.711. The summed E-state index contributed by atoms with van der Waals surface area (Å²) in [7, 11) is 0. The van der Waals surface area contributed by atoms with Crippen molar-refractivity contribution in [3.63, 3.8) is 0 Å². The summed E-state index contributed by atoms with van der Waals surface area (Å²) >= 11 is 0. The van der Waals surface area contributed by atoms with Gasteiger partial charge in [0, 0.05) is 5.92 Å². The average Bonchev–Trinajstić information content (AvgIpc) is 2.73. The second-order valence-corrected chi connectivity index (χ2v) is 14.9. The highest BCUT2D eigenvalue weighted by molar-refractivity contribution is 5.95. The maximum absolute atomic E-state index is 14.2. The zero-order valence-corrected chi connectivity index (χ0v) is 22.5. The molecule has 0 saturated heterocycles. The van der Waals surface area contributed by atoms with Crippen LogP contribution in [0.1, 0.15) is 106 Å². The molecule has 5 aliphatic carbocycles. The van der Waals surface area contributed by atoms with E-state index in [4.69, 9.17) is 0 Å². The van der Waals surface area contributed by atoms with Gasteiger partial charge in [0.1, 0.15) is 0 Å². The Morgan fingerprint density at radius 3 is 2.21 bits per heavy atom. The van der Waals surface area contributed by atoms with Crippen molar-refractivity contribution < 1.29 is 19.8 Å². The van der Waals surface area contributed by atoms with E-state index < -0.39 is 11.4 Å². The van der Waals surface area contributed by atoms with Crippen LogP contribution < -0.4 is 0 Å². The van der Waals surface area contributed by atoms with Crippen molar-refractivity contribution in [1.82, 2.24) is 0 Å². The standard InChI is InChI=1S/C30H46O4/c1-25(2)21-8-11-30(7)23(28(21,5)10-9-22(25)32)20(31)16-18-19-17-27(4,24(33)34)13-12-26(19,3)14-15-29(18,30)6/h16,19,21-23,32H,8-15,17H2,1-7H3,(H,33,34)/t19-,21-,22-,23+,26-,27+,28+,29-,30-/m0/s1. The van der Waals surface area contributed by atoms with Gasteiger partial charge in [-0.1, -0.05) is 47.1 Å². The minimum absolute atomic E-state index is 0.0296. The Morgan fingerprint density at radius 2 is 1.56 bits per heavy atom. The van der Waals surface area contributed by atoms with E-state index in [2.05, 4.69) is 41.5 Å². The van der Waals surface area contributed by atoms with E-state index in [0.29, 0.717) is 12.3 Å². The van der Waals surface area contributed by atoms with Gasteiger partial charge < -0.3 is 10.2 Å². The van der Waals surface area contributed by atoms with Gasteiger partial charge >= 0.3 is 5.97 Å². The van der Waals surface area contributed by atoms with Gasteiger partial charge in [-0.2, -0.15) is 0 Å². The van der Waals surface area contributed by atoms with Crippen LogP contribution in [0.2, 0.25) is 0 Å². The zero-order chi connectivity index (χ0) is 25.1. The molecule has 34 heavy (non-hydrogen) atoms. The first-order valence-corrected chi connectivity index (χ1v) is 13.7. The van der Waals surface area contributed by atoms with Crippen molar-refractivity contribution in [2.24, 2.45) is 50.2 Å². The molecule has 0 aromatic heterocycles. The molecule has 0 bridgehead atoms. The third-order valence-corrected chi connectivity index (χ3v) is 13.1. The van der Waals surface area contributed by atoms with Gasteiger partial charge in [-0.15, -0.1) is 0 Å². The summed E-state index contributed by atoms with van der Waals surface area (Å²) in [6.07, 6.45) is 9.95. The molecule has 2 N–H and O–H groups in total. The molecule has 0 aliphatic heterocycles. The first-order valence-electron chi connectivity index (χ1n) is 13.7. The summed E-state index contributed by atoms with van der Waals surface area (Å²) < 4.78 is 0. The van der Waals surface area contributed by atoms with Crippen LogP contribution in [0, 0.1) is 50.2 Å². The fourth-order valence-corrected chi connectivity index (χ4v) is 10.4. The van der Waals surface area contributed by atoms with Crippen LogP contribution in [-0.2, 0) is 9.59 Å². The smallest absolute Gasteiger partial charge is 0.309 e. The molecule has 0 spiro atoms. The molecule has 0 unspecified atom stereocenters. The SMILES string of the molecule is CC1(C)[C@@H](O)CC[C@@]2(C)[C@H]3C(=O)C=C4[C@@H]5C[C@](C)(C(=O)O)CC[C@@]5(C)CC[C@]4(C)[C@@]3(C)CC[C@@H]12. The summed E-state index contributed by atoms with van der Waals surface area (Å²) in [6.45, 7) is 15.8. The van der Waals surface area contributed by atoms with Crippen molar-refractivity contribution in [2.75, 3.05) is 0 Å². The Kier molecular flexibility index (Phi) is 5.04. The number of carboxylic acid groups (broad SMARTS) is 1. The van der Waals surface area contributed by atoms with Crippen molar-refractivity contribution in [3.8, 4) is 0 Å². The lowest BCUT2D eigenvalue weighted by atomic mass is 9.33. The summed E-state index contributed by atoms with van der Waals surface area (Å²) in [5.41, 5.74) is 0.142. The quantitative estimate of drug-likeness (QED) is 0.464. The van der Waals surface area contributed by atoms with Gasteiger partial charge in [-0.25, -0.2) is 0 Å².